The number of amides is 2. The highest BCUT2D eigenvalue weighted by Crippen LogP contribution is 2.40. The van der Waals surface area contributed by atoms with Gasteiger partial charge in [-0.1, -0.05) is 28.0 Å². The molecule has 0 aromatic rings. The molecule has 4 rings (SSSR count). The van der Waals surface area contributed by atoms with Crippen molar-refractivity contribution in [3.63, 3.8) is 0 Å². The van der Waals surface area contributed by atoms with E-state index < -0.39 is 0 Å². The third-order valence-electron chi connectivity index (χ3n) is 6.43. The molecular formula is C19H30N2O2S2. The smallest absolute Gasteiger partial charge is 0.222 e. The third kappa shape index (κ3) is 4.15. The number of unbranched alkanes of at least 4 members (excludes halogenated alkanes) is 1. The molecule has 4 nitrogen and oxygen atoms in total. The molecule has 0 unspecified atom stereocenters. The molecule has 0 aliphatic carbocycles. The molecule has 4 aliphatic rings. The summed E-state index contributed by atoms with van der Waals surface area (Å²) in [5.41, 5.74) is 0. The number of hydrogen-bond acceptors (Lipinski definition) is 4. The lowest BCUT2D eigenvalue weighted by molar-refractivity contribution is -0.148. The maximum Gasteiger partial charge on any atom is 0.222 e. The zero-order chi connectivity index (χ0) is 17.2. The number of likely N-dealkylation sites (tertiary alicyclic amines) is 1. The second kappa shape index (κ2) is 8.12. The number of rotatable bonds is 5. The summed E-state index contributed by atoms with van der Waals surface area (Å²) >= 11 is 0. The van der Waals surface area contributed by atoms with Crippen LogP contribution in [0.5, 0.6) is 0 Å². The van der Waals surface area contributed by atoms with Crippen LogP contribution in [-0.2, 0) is 9.59 Å². The van der Waals surface area contributed by atoms with E-state index in [1.165, 1.54) is 31.4 Å². The molecule has 25 heavy (non-hydrogen) atoms. The van der Waals surface area contributed by atoms with Crippen LogP contribution in [0.3, 0.4) is 0 Å². The molecule has 0 radical (unpaired) electrons. The van der Waals surface area contributed by atoms with E-state index >= 15 is 0 Å². The normalized spacial score (nSPS) is 35.0. The first-order chi connectivity index (χ1) is 12.2. The molecule has 0 N–H and O–H groups in total. The van der Waals surface area contributed by atoms with E-state index in [0.717, 1.165) is 57.0 Å². The van der Waals surface area contributed by atoms with Crippen molar-refractivity contribution in [2.45, 2.75) is 69.1 Å². The molecular weight excluding hydrogens is 352 g/mol. The van der Waals surface area contributed by atoms with Gasteiger partial charge in [0.05, 0.1) is 0 Å². The van der Waals surface area contributed by atoms with Gasteiger partial charge in [0.2, 0.25) is 11.8 Å². The van der Waals surface area contributed by atoms with Gasteiger partial charge in [-0.2, -0.15) is 0 Å². The molecule has 4 atom stereocenters. The fourth-order valence-electron chi connectivity index (χ4n) is 5.18. The molecule has 0 saturated carbocycles. The van der Waals surface area contributed by atoms with Crippen LogP contribution in [0.25, 0.3) is 0 Å². The van der Waals surface area contributed by atoms with Gasteiger partial charge in [0.25, 0.3) is 0 Å². The average molecular weight is 383 g/mol. The highest BCUT2D eigenvalue weighted by molar-refractivity contribution is 8.77. The van der Waals surface area contributed by atoms with Crippen LogP contribution in [0.15, 0.2) is 0 Å². The maximum absolute atomic E-state index is 12.7. The highest BCUT2D eigenvalue weighted by atomic mass is 33.1. The first-order valence-corrected chi connectivity index (χ1v) is 12.4. The fraction of sp³-hybridized carbons (Fsp3) is 0.895. The van der Waals surface area contributed by atoms with Crippen molar-refractivity contribution in [1.82, 2.24) is 9.80 Å². The predicted octanol–water partition coefficient (Wildman–Crippen LogP) is 3.56. The monoisotopic (exact) mass is 382 g/mol. The summed E-state index contributed by atoms with van der Waals surface area (Å²) in [6.45, 7) is 2.65. The second-order valence-electron chi connectivity index (χ2n) is 8.24. The summed E-state index contributed by atoms with van der Waals surface area (Å²) in [5, 5.41) is 0.823. The lowest BCUT2D eigenvalue weighted by atomic mass is 9.76. The zero-order valence-corrected chi connectivity index (χ0v) is 16.7. The van der Waals surface area contributed by atoms with Crippen LogP contribution in [0.4, 0.5) is 0 Å². The highest BCUT2D eigenvalue weighted by Gasteiger charge is 2.44. The Bertz CT molecular complexity index is 510. The van der Waals surface area contributed by atoms with Crippen molar-refractivity contribution < 1.29 is 9.59 Å². The van der Waals surface area contributed by atoms with Crippen LogP contribution >= 0.6 is 21.6 Å². The minimum atomic E-state index is 0.355. The molecule has 4 heterocycles. The zero-order valence-electron chi connectivity index (χ0n) is 15.0. The van der Waals surface area contributed by atoms with Crippen LogP contribution in [-0.4, -0.2) is 58.3 Å². The van der Waals surface area contributed by atoms with Crippen molar-refractivity contribution in [2.24, 2.45) is 11.8 Å². The van der Waals surface area contributed by atoms with Crippen LogP contribution in [0, 0.1) is 11.8 Å². The topological polar surface area (TPSA) is 40.6 Å². The number of carbonyl (C=O) groups excluding carboxylic acids is 2. The SMILES string of the molecule is O=C(CCCC[C@@H]1CCSS1)N1C[C@H]2C[C@@H](C1)[C@@H]1CCCC(=O)N1C2. The molecule has 4 fully saturated rings. The van der Waals surface area contributed by atoms with E-state index in [1.807, 2.05) is 21.6 Å². The van der Waals surface area contributed by atoms with Gasteiger partial charge in [-0.05, 0) is 50.4 Å². The summed E-state index contributed by atoms with van der Waals surface area (Å²) in [6, 6.07) is 0.407. The largest absolute Gasteiger partial charge is 0.342 e. The molecule has 0 aromatic heterocycles. The number of carbonyl (C=O) groups is 2. The minimum absolute atomic E-state index is 0.355. The number of hydrogen-bond donors (Lipinski definition) is 0. The Balaban J connectivity index is 1.25. The molecule has 2 bridgehead atoms. The van der Waals surface area contributed by atoms with Gasteiger partial charge in [0.1, 0.15) is 0 Å². The van der Waals surface area contributed by atoms with Crippen molar-refractivity contribution in [3.05, 3.63) is 0 Å². The Kier molecular flexibility index (Phi) is 5.85. The van der Waals surface area contributed by atoms with E-state index in [0.29, 0.717) is 29.7 Å². The first kappa shape index (κ1) is 18.0. The molecule has 0 spiro atoms. The van der Waals surface area contributed by atoms with Crippen molar-refractivity contribution in [3.8, 4) is 0 Å². The molecule has 4 saturated heterocycles. The lowest BCUT2D eigenvalue weighted by Crippen LogP contribution is -2.61. The summed E-state index contributed by atoms with van der Waals surface area (Å²) in [7, 11) is 4.04. The molecule has 2 amide bonds. The van der Waals surface area contributed by atoms with Gasteiger partial charge in [0.15, 0.2) is 0 Å². The fourth-order valence-corrected chi connectivity index (χ4v) is 8.21. The number of piperidine rings is 3. The molecule has 4 aliphatic heterocycles. The molecule has 140 valence electrons. The number of nitrogens with zero attached hydrogens (tertiary/aromatic N) is 2. The Morgan fingerprint density at radius 2 is 2.08 bits per heavy atom. The first-order valence-electron chi connectivity index (χ1n) is 10.1. The van der Waals surface area contributed by atoms with Gasteiger partial charge in [-0.25, -0.2) is 0 Å². The standard InChI is InChI=1S/C19H30N2O2S2/c22-18(6-2-1-4-16-8-9-24-25-16)20-11-14-10-15(13-20)17-5-3-7-19(23)21(17)12-14/h14-17H,1-13H2/t14-,15+,16-,17+/m1/s1. The van der Waals surface area contributed by atoms with Crippen LogP contribution in [0.2, 0.25) is 0 Å². The second-order valence-corrected chi connectivity index (χ2v) is 11.0. The van der Waals surface area contributed by atoms with Gasteiger partial charge >= 0.3 is 0 Å². The quantitative estimate of drug-likeness (QED) is 0.538. The van der Waals surface area contributed by atoms with E-state index in [2.05, 4.69) is 9.80 Å². The summed E-state index contributed by atoms with van der Waals surface area (Å²) < 4.78 is 0. The summed E-state index contributed by atoms with van der Waals surface area (Å²) in [5.74, 6) is 3.04. The van der Waals surface area contributed by atoms with Gasteiger partial charge in [-0.15, -0.1) is 0 Å². The molecule has 0 aromatic carbocycles. The summed E-state index contributed by atoms with van der Waals surface area (Å²) in [4.78, 5) is 29.2. The van der Waals surface area contributed by atoms with Crippen molar-refractivity contribution >= 4 is 33.4 Å². The van der Waals surface area contributed by atoms with Gasteiger partial charge < -0.3 is 9.80 Å². The van der Waals surface area contributed by atoms with Gasteiger partial charge in [0, 0.05) is 49.5 Å². The number of fused-ring (bicyclic) bond motifs is 4. The van der Waals surface area contributed by atoms with Gasteiger partial charge in [-0.3, -0.25) is 9.59 Å². The van der Waals surface area contributed by atoms with Crippen LogP contribution < -0.4 is 0 Å². The van der Waals surface area contributed by atoms with E-state index in [4.69, 9.17) is 0 Å². The van der Waals surface area contributed by atoms with Crippen LogP contribution in [0.1, 0.15) is 57.8 Å². The average Bonchev–Trinajstić information content (AvgIpc) is 3.13. The Morgan fingerprint density at radius 1 is 1.16 bits per heavy atom. The Hall–Kier alpha value is -0.360. The van der Waals surface area contributed by atoms with E-state index in [-0.39, 0.29) is 0 Å². The molecule has 6 heteroatoms. The van der Waals surface area contributed by atoms with E-state index in [1.54, 1.807) is 0 Å². The maximum atomic E-state index is 12.7. The predicted molar refractivity (Wildman–Crippen MR) is 104 cm³/mol. The third-order valence-corrected chi connectivity index (χ3v) is 9.43. The van der Waals surface area contributed by atoms with Crippen molar-refractivity contribution in [2.75, 3.05) is 25.4 Å². The lowest BCUT2D eigenvalue weighted by Gasteiger charge is -2.52. The minimum Gasteiger partial charge on any atom is -0.342 e. The van der Waals surface area contributed by atoms with E-state index in [9.17, 15) is 9.59 Å². The Labute approximate surface area is 159 Å². The van der Waals surface area contributed by atoms with Crippen molar-refractivity contribution in [1.29, 1.82) is 0 Å². The summed E-state index contributed by atoms with van der Waals surface area (Å²) in [6.07, 6.45) is 9.69. The Morgan fingerprint density at radius 3 is 2.92 bits per heavy atom.